The van der Waals surface area contributed by atoms with Crippen LogP contribution >= 0.6 is 0 Å². The van der Waals surface area contributed by atoms with Gasteiger partial charge >= 0.3 is 5.97 Å². The minimum Gasteiger partial charge on any atom is -0.481 e. The second-order valence-corrected chi connectivity index (χ2v) is 3.92. The summed E-state index contributed by atoms with van der Waals surface area (Å²) in [5.41, 5.74) is 5.81. The summed E-state index contributed by atoms with van der Waals surface area (Å²) in [5, 5.41) is 9.20. The average Bonchev–Trinajstić information content (AvgIpc) is 2.13. The third-order valence-corrected chi connectivity index (χ3v) is 2.96. The molecule has 1 saturated carbocycles. The smallest absolute Gasteiger partial charge is 0.314 e. The van der Waals surface area contributed by atoms with Gasteiger partial charge in [-0.2, -0.15) is 0 Å². The van der Waals surface area contributed by atoms with Crippen molar-refractivity contribution in [2.45, 2.75) is 24.3 Å². The van der Waals surface area contributed by atoms with Crippen molar-refractivity contribution >= 4 is 5.97 Å². The van der Waals surface area contributed by atoms with Gasteiger partial charge in [0, 0.05) is 6.04 Å². The van der Waals surface area contributed by atoms with Crippen LogP contribution in [0.2, 0.25) is 0 Å². The van der Waals surface area contributed by atoms with Crippen LogP contribution in [0.25, 0.3) is 0 Å². The molecule has 0 spiro atoms. The zero-order chi connectivity index (χ0) is 10.2. The summed E-state index contributed by atoms with van der Waals surface area (Å²) in [6, 6.07) is 9.37. The van der Waals surface area contributed by atoms with E-state index in [2.05, 4.69) is 0 Å². The first-order valence-corrected chi connectivity index (χ1v) is 4.70. The molecule has 3 nitrogen and oxygen atoms in total. The molecule has 0 heterocycles. The van der Waals surface area contributed by atoms with E-state index in [1.807, 2.05) is 30.3 Å². The fraction of sp³-hybridized carbons (Fsp3) is 0.364. The minimum absolute atomic E-state index is 0.0336. The van der Waals surface area contributed by atoms with Gasteiger partial charge in [0.25, 0.3) is 0 Å². The van der Waals surface area contributed by atoms with Crippen LogP contribution in [0.3, 0.4) is 0 Å². The van der Waals surface area contributed by atoms with Crippen molar-refractivity contribution in [3.05, 3.63) is 35.9 Å². The number of hydrogen-bond acceptors (Lipinski definition) is 2. The number of aliphatic carboxylic acids is 1. The maximum absolute atomic E-state index is 11.2. The molecule has 0 aromatic heterocycles. The Morgan fingerprint density at radius 1 is 1.36 bits per heavy atom. The largest absolute Gasteiger partial charge is 0.481 e. The first kappa shape index (κ1) is 9.21. The lowest BCUT2D eigenvalue weighted by atomic mass is 9.62. The summed E-state index contributed by atoms with van der Waals surface area (Å²) in [4.78, 5) is 11.2. The molecule has 0 bridgehead atoms. The van der Waals surface area contributed by atoms with E-state index in [0.717, 1.165) is 5.56 Å². The van der Waals surface area contributed by atoms with Gasteiger partial charge in [0.15, 0.2) is 0 Å². The Labute approximate surface area is 82.5 Å². The number of carboxylic acid groups (broad SMARTS) is 1. The molecule has 14 heavy (non-hydrogen) atoms. The molecule has 1 aromatic carbocycles. The maximum Gasteiger partial charge on any atom is 0.314 e. The van der Waals surface area contributed by atoms with Crippen molar-refractivity contribution in [2.75, 3.05) is 0 Å². The van der Waals surface area contributed by atoms with E-state index in [-0.39, 0.29) is 6.04 Å². The summed E-state index contributed by atoms with van der Waals surface area (Å²) in [5.74, 6) is -0.759. The van der Waals surface area contributed by atoms with Crippen molar-refractivity contribution in [1.29, 1.82) is 0 Å². The lowest BCUT2D eigenvalue weighted by Gasteiger charge is -2.42. The van der Waals surface area contributed by atoms with E-state index in [9.17, 15) is 9.90 Å². The van der Waals surface area contributed by atoms with Crippen molar-refractivity contribution in [3.63, 3.8) is 0 Å². The summed E-state index contributed by atoms with van der Waals surface area (Å²) >= 11 is 0. The predicted molar refractivity (Wildman–Crippen MR) is 53.0 cm³/mol. The molecule has 2 rings (SSSR count). The molecular formula is C11H13NO2. The van der Waals surface area contributed by atoms with Gasteiger partial charge in [0.1, 0.15) is 0 Å². The van der Waals surface area contributed by atoms with Crippen LogP contribution in [0, 0.1) is 0 Å². The Kier molecular flexibility index (Phi) is 2.04. The highest BCUT2D eigenvalue weighted by molar-refractivity contribution is 5.83. The van der Waals surface area contributed by atoms with Crippen molar-refractivity contribution < 1.29 is 9.90 Å². The molecule has 3 heteroatoms. The molecule has 1 aromatic rings. The van der Waals surface area contributed by atoms with Crippen LogP contribution in [-0.2, 0) is 10.2 Å². The van der Waals surface area contributed by atoms with Gasteiger partial charge in [0.2, 0.25) is 0 Å². The van der Waals surface area contributed by atoms with Crippen LogP contribution in [-0.4, -0.2) is 17.1 Å². The first-order chi connectivity index (χ1) is 6.65. The summed E-state index contributed by atoms with van der Waals surface area (Å²) in [7, 11) is 0. The van der Waals surface area contributed by atoms with E-state index in [1.54, 1.807) is 0 Å². The number of benzene rings is 1. The zero-order valence-electron chi connectivity index (χ0n) is 7.81. The highest BCUT2D eigenvalue weighted by Gasteiger charge is 2.50. The third-order valence-electron chi connectivity index (χ3n) is 2.96. The second kappa shape index (κ2) is 3.10. The summed E-state index contributed by atoms with van der Waals surface area (Å²) < 4.78 is 0. The average molecular weight is 191 g/mol. The van der Waals surface area contributed by atoms with Crippen LogP contribution in [0.1, 0.15) is 18.4 Å². The predicted octanol–water partition coefficient (Wildman–Crippen LogP) is 1.13. The van der Waals surface area contributed by atoms with E-state index in [4.69, 9.17) is 5.73 Å². The number of hydrogen-bond donors (Lipinski definition) is 2. The zero-order valence-corrected chi connectivity index (χ0v) is 7.81. The molecule has 0 unspecified atom stereocenters. The Morgan fingerprint density at radius 2 is 1.93 bits per heavy atom. The maximum atomic E-state index is 11.2. The van der Waals surface area contributed by atoms with Crippen molar-refractivity contribution in [3.8, 4) is 0 Å². The molecule has 74 valence electrons. The molecular weight excluding hydrogens is 178 g/mol. The number of carbonyl (C=O) groups is 1. The molecule has 0 aliphatic heterocycles. The number of rotatable bonds is 2. The van der Waals surface area contributed by atoms with Crippen LogP contribution in [0.15, 0.2) is 30.3 Å². The first-order valence-electron chi connectivity index (χ1n) is 4.70. The van der Waals surface area contributed by atoms with Gasteiger partial charge in [0.05, 0.1) is 5.41 Å². The summed E-state index contributed by atoms with van der Waals surface area (Å²) in [6.07, 6.45) is 1.10. The number of nitrogens with two attached hydrogens (primary N) is 1. The van der Waals surface area contributed by atoms with E-state index in [1.165, 1.54) is 0 Å². The second-order valence-electron chi connectivity index (χ2n) is 3.92. The molecule has 0 amide bonds. The van der Waals surface area contributed by atoms with Gasteiger partial charge in [-0.1, -0.05) is 30.3 Å². The molecule has 1 fully saturated rings. The van der Waals surface area contributed by atoms with Crippen LogP contribution in [0.4, 0.5) is 0 Å². The number of carboxylic acids is 1. The molecule has 0 saturated heterocycles. The van der Waals surface area contributed by atoms with Gasteiger partial charge in [-0.3, -0.25) is 4.79 Å². The lowest BCUT2D eigenvalue weighted by molar-refractivity contribution is -0.148. The van der Waals surface area contributed by atoms with Gasteiger partial charge < -0.3 is 10.8 Å². The van der Waals surface area contributed by atoms with E-state index < -0.39 is 11.4 Å². The van der Waals surface area contributed by atoms with Gasteiger partial charge in [-0.25, -0.2) is 0 Å². The summed E-state index contributed by atoms with van der Waals surface area (Å²) in [6.45, 7) is 0. The molecule has 0 atom stereocenters. The Balaban J connectivity index is 2.34. The lowest BCUT2D eigenvalue weighted by Crippen LogP contribution is -2.54. The highest BCUT2D eigenvalue weighted by atomic mass is 16.4. The van der Waals surface area contributed by atoms with Gasteiger partial charge in [-0.05, 0) is 18.4 Å². The molecule has 1 aliphatic rings. The standard InChI is InChI=1S/C11H13NO2/c12-9-6-11(7-9,10(13)14)8-4-2-1-3-5-8/h1-5,9H,6-7,12H2,(H,13,14). The third kappa shape index (κ3) is 1.21. The fourth-order valence-corrected chi connectivity index (χ4v) is 2.13. The van der Waals surface area contributed by atoms with E-state index >= 15 is 0 Å². The molecule has 1 aliphatic carbocycles. The Bertz CT molecular complexity index is 342. The molecule has 3 N–H and O–H groups in total. The normalized spacial score (nSPS) is 30.8. The Hall–Kier alpha value is -1.35. The van der Waals surface area contributed by atoms with Crippen molar-refractivity contribution in [2.24, 2.45) is 5.73 Å². The monoisotopic (exact) mass is 191 g/mol. The van der Waals surface area contributed by atoms with Crippen molar-refractivity contribution in [1.82, 2.24) is 0 Å². The fourth-order valence-electron chi connectivity index (χ4n) is 2.13. The van der Waals surface area contributed by atoms with E-state index in [0.29, 0.717) is 12.8 Å². The van der Waals surface area contributed by atoms with Crippen LogP contribution < -0.4 is 5.73 Å². The minimum atomic E-state index is -0.759. The SMILES string of the molecule is NC1CC(C(=O)O)(c2ccccc2)C1. The topological polar surface area (TPSA) is 63.3 Å². The van der Waals surface area contributed by atoms with Gasteiger partial charge in [-0.15, -0.1) is 0 Å². The van der Waals surface area contributed by atoms with Crippen LogP contribution in [0.5, 0.6) is 0 Å². The highest BCUT2D eigenvalue weighted by Crippen LogP contribution is 2.43. The molecule has 0 radical (unpaired) electrons. The quantitative estimate of drug-likeness (QED) is 0.736. The Morgan fingerprint density at radius 3 is 2.36 bits per heavy atom.